The van der Waals surface area contributed by atoms with Crippen LogP contribution in [0.25, 0.3) is 0 Å². The van der Waals surface area contributed by atoms with Crippen LogP contribution < -0.4 is 14.8 Å². The second-order valence-electron chi connectivity index (χ2n) is 3.42. The summed E-state index contributed by atoms with van der Waals surface area (Å²) in [5, 5.41) is 2.43. The van der Waals surface area contributed by atoms with Crippen molar-refractivity contribution in [2.24, 2.45) is 0 Å². The summed E-state index contributed by atoms with van der Waals surface area (Å²) >= 11 is 0. The van der Waals surface area contributed by atoms with Crippen molar-refractivity contribution >= 4 is 12.7 Å². The number of benzene rings is 1. The highest BCUT2D eigenvalue weighted by atomic mass is 16.5. The van der Waals surface area contributed by atoms with Gasteiger partial charge in [-0.3, -0.25) is 4.79 Å². The number of methoxy groups -OCH3 is 2. The summed E-state index contributed by atoms with van der Waals surface area (Å²) in [4.78, 5) is 21.0. The van der Waals surface area contributed by atoms with Crippen LogP contribution in [-0.4, -0.2) is 33.0 Å². The van der Waals surface area contributed by atoms with Crippen molar-refractivity contribution in [2.45, 2.75) is 12.5 Å². The molecule has 0 heterocycles. The van der Waals surface area contributed by atoms with Crippen LogP contribution in [0.4, 0.5) is 0 Å². The van der Waals surface area contributed by atoms with Crippen molar-refractivity contribution < 1.29 is 19.1 Å². The molecule has 0 saturated carbocycles. The van der Waals surface area contributed by atoms with Crippen LogP contribution in [0, 0.1) is 0 Å². The monoisotopic (exact) mass is 237 g/mol. The van der Waals surface area contributed by atoms with Crippen molar-refractivity contribution in [2.75, 3.05) is 14.2 Å². The summed E-state index contributed by atoms with van der Waals surface area (Å²) in [6.07, 6.45) is 1.63. The second kappa shape index (κ2) is 6.52. The van der Waals surface area contributed by atoms with Gasteiger partial charge in [-0.2, -0.15) is 0 Å². The SMILES string of the molecule is COc1ccc(CC(C=O)NC=O)cc1OC. The number of nitrogens with one attached hydrogen (secondary N) is 1. The van der Waals surface area contributed by atoms with Crippen LogP contribution in [0.1, 0.15) is 5.56 Å². The van der Waals surface area contributed by atoms with E-state index >= 15 is 0 Å². The molecular formula is C12H15NO4. The molecule has 1 amide bonds. The number of carbonyl (C=O) groups is 2. The van der Waals surface area contributed by atoms with Gasteiger partial charge in [0.1, 0.15) is 6.29 Å². The van der Waals surface area contributed by atoms with Crippen molar-refractivity contribution in [1.29, 1.82) is 0 Å². The Labute approximate surface area is 99.7 Å². The Kier molecular flexibility index (Phi) is 5.00. The number of carbonyl (C=O) groups excluding carboxylic acids is 2. The van der Waals surface area contributed by atoms with Gasteiger partial charge < -0.3 is 19.6 Å². The van der Waals surface area contributed by atoms with E-state index in [4.69, 9.17) is 9.47 Å². The molecule has 1 atom stereocenters. The second-order valence-corrected chi connectivity index (χ2v) is 3.42. The maximum atomic E-state index is 10.7. The highest BCUT2D eigenvalue weighted by Gasteiger charge is 2.09. The highest BCUT2D eigenvalue weighted by molar-refractivity contribution is 5.64. The lowest BCUT2D eigenvalue weighted by Gasteiger charge is -2.12. The van der Waals surface area contributed by atoms with Gasteiger partial charge >= 0.3 is 0 Å². The minimum absolute atomic E-state index is 0.419. The number of aldehydes is 1. The molecule has 0 bridgehead atoms. The Morgan fingerprint density at radius 3 is 2.47 bits per heavy atom. The molecule has 92 valence electrons. The number of rotatable bonds is 7. The van der Waals surface area contributed by atoms with Crippen molar-refractivity contribution in [1.82, 2.24) is 5.32 Å². The van der Waals surface area contributed by atoms with Crippen molar-refractivity contribution in [3.05, 3.63) is 23.8 Å². The number of hydrogen-bond donors (Lipinski definition) is 1. The average Bonchev–Trinajstić information content (AvgIpc) is 2.38. The first-order valence-corrected chi connectivity index (χ1v) is 5.11. The zero-order chi connectivity index (χ0) is 12.7. The van der Waals surface area contributed by atoms with E-state index in [0.717, 1.165) is 5.56 Å². The summed E-state index contributed by atoms with van der Waals surface area (Å²) in [6.45, 7) is 0. The van der Waals surface area contributed by atoms with E-state index in [9.17, 15) is 9.59 Å². The van der Waals surface area contributed by atoms with E-state index in [-0.39, 0.29) is 0 Å². The molecule has 5 nitrogen and oxygen atoms in total. The predicted octanol–water partition coefficient (Wildman–Crippen LogP) is 0.560. The number of hydrogen-bond acceptors (Lipinski definition) is 4. The molecule has 0 fully saturated rings. The van der Waals surface area contributed by atoms with Gasteiger partial charge in [0.05, 0.1) is 20.3 Å². The lowest BCUT2D eigenvalue weighted by molar-refractivity contribution is -0.115. The Balaban J connectivity index is 2.84. The lowest BCUT2D eigenvalue weighted by atomic mass is 10.1. The van der Waals surface area contributed by atoms with Crippen molar-refractivity contribution in [3.8, 4) is 11.5 Å². The van der Waals surface area contributed by atoms with Gasteiger partial charge in [-0.15, -0.1) is 0 Å². The van der Waals surface area contributed by atoms with Crippen LogP contribution in [0.2, 0.25) is 0 Å². The molecule has 1 aromatic carbocycles. The Morgan fingerprint density at radius 1 is 1.24 bits per heavy atom. The molecule has 0 aliphatic carbocycles. The van der Waals surface area contributed by atoms with Gasteiger partial charge in [0.15, 0.2) is 11.5 Å². The fourth-order valence-corrected chi connectivity index (χ4v) is 1.50. The average molecular weight is 237 g/mol. The fraction of sp³-hybridized carbons (Fsp3) is 0.333. The minimum atomic E-state index is -0.523. The van der Waals surface area contributed by atoms with Gasteiger partial charge in [0.2, 0.25) is 6.41 Å². The molecule has 1 unspecified atom stereocenters. The summed E-state index contributed by atoms with van der Waals surface area (Å²) < 4.78 is 10.3. The van der Waals surface area contributed by atoms with E-state index in [1.165, 1.54) is 0 Å². The van der Waals surface area contributed by atoms with E-state index in [0.29, 0.717) is 30.6 Å². The molecule has 1 N–H and O–H groups in total. The maximum absolute atomic E-state index is 10.7. The number of amides is 1. The molecule has 1 aromatic rings. The Morgan fingerprint density at radius 2 is 1.94 bits per heavy atom. The molecule has 1 rings (SSSR count). The van der Waals surface area contributed by atoms with Gasteiger partial charge in [0, 0.05) is 0 Å². The smallest absolute Gasteiger partial charge is 0.207 e. The summed E-state index contributed by atoms with van der Waals surface area (Å²) in [5.74, 6) is 1.23. The predicted molar refractivity (Wildman–Crippen MR) is 62.3 cm³/mol. The highest BCUT2D eigenvalue weighted by Crippen LogP contribution is 2.27. The maximum Gasteiger partial charge on any atom is 0.207 e. The van der Waals surface area contributed by atoms with E-state index in [2.05, 4.69) is 5.32 Å². The van der Waals surface area contributed by atoms with E-state index in [1.54, 1.807) is 26.4 Å². The largest absolute Gasteiger partial charge is 0.493 e. The van der Waals surface area contributed by atoms with Crippen molar-refractivity contribution in [3.63, 3.8) is 0 Å². The van der Waals surface area contributed by atoms with E-state index in [1.807, 2.05) is 6.07 Å². The van der Waals surface area contributed by atoms with Crippen LogP contribution in [-0.2, 0) is 16.0 Å². The van der Waals surface area contributed by atoms with Crippen LogP contribution in [0.3, 0.4) is 0 Å². The van der Waals surface area contributed by atoms with Crippen LogP contribution >= 0.6 is 0 Å². The Hall–Kier alpha value is -2.04. The first-order valence-electron chi connectivity index (χ1n) is 5.11. The molecule has 0 aromatic heterocycles. The molecule has 0 radical (unpaired) electrons. The first-order chi connectivity index (χ1) is 8.24. The third-order valence-corrected chi connectivity index (χ3v) is 2.35. The first kappa shape index (κ1) is 13.0. The standard InChI is InChI=1S/C12H15NO4/c1-16-11-4-3-9(6-12(11)17-2)5-10(7-14)13-8-15/h3-4,6-8,10H,5H2,1-2H3,(H,13,15). The van der Waals surface area contributed by atoms with Crippen LogP contribution in [0.5, 0.6) is 11.5 Å². The normalized spacial score (nSPS) is 11.4. The van der Waals surface area contributed by atoms with Gasteiger partial charge in [-0.1, -0.05) is 6.07 Å². The third-order valence-electron chi connectivity index (χ3n) is 2.35. The van der Waals surface area contributed by atoms with Gasteiger partial charge in [-0.25, -0.2) is 0 Å². The summed E-state index contributed by atoms with van der Waals surface area (Å²) in [5.41, 5.74) is 0.883. The van der Waals surface area contributed by atoms with Crippen LogP contribution in [0.15, 0.2) is 18.2 Å². The molecule has 0 aliphatic heterocycles. The molecule has 0 saturated heterocycles. The zero-order valence-electron chi connectivity index (χ0n) is 9.80. The molecular weight excluding hydrogens is 222 g/mol. The Bertz CT molecular complexity index is 392. The number of ether oxygens (including phenoxy) is 2. The molecule has 0 spiro atoms. The summed E-state index contributed by atoms with van der Waals surface area (Å²) in [6, 6.07) is 4.84. The summed E-state index contributed by atoms with van der Waals surface area (Å²) in [7, 11) is 3.10. The zero-order valence-corrected chi connectivity index (χ0v) is 9.80. The molecule has 0 aliphatic rings. The quantitative estimate of drug-likeness (QED) is 0.704. The minimum Gasteiger partial charge on any atom is -0.493 e. The van der Waals surface area contributed by atoms with E-state index < -0.39 is 6.04 Å². The lowest BCUT2D eigenvalue weighted by Crippen LogP contribution is -2.31. The molecule has 5 heteroatoms. The third kappa shape index (κ3) is 3.48. The van der Waals surface area contributed by atoms with Gasteiger partial charge in [-0.05, 0) is 24.1 Å². The van der Waals surface area contributed by atoms with Gasteiger partial charge in [0.25, 0.3) is 0 Å². The molecule has 17 heavy (non-hydrogen) atoms. The topological polar surface area (TPSA) is 64.6 Å². The fourth-order valence-electron chi connectivity index (χ4n) is 1.50.